The molecule has 4 aliphatic heterocycles. The van der Waals surface area contributed by atoms with Gasteiger partial charge >= 0.3 is 17.9 Å². The zero-order chi connectivity index (χ0) is 65.3. The Morgan fingerprint density at radius 2 is 1.58 bits per heavy atom. The number of rotatable bonds is 12. The van der Waals surface area contributed by atoms with E-state index >= 15 is 0 Å². The quantitative estimate of drug-likeness (QED) is 0.0741. The van der Waals surface area contributed by atoms with Crippen LogP contribution in [-0.4, -0.2) is 161 Å². The number of Topliss-reactive ketones (excluding diaryl/α,β-unsaturated/α-hetero) is 3. The molecule has 0 aromatic heterocycles. The van der Waals surface area contributed by atoms with Gasteiger partial charge in [-0.15, -0.1) is 0 Å². The van der Waals surface area contributed by atoms with Gasteiger partial charge < -0.3 is 63.6 Å². The van der Waals surface area contributed by atoms with Crippen molar-refractivity contribution < 1.29 is 92.3 Å². The summed E-state index contributed by atoms with van der Waals surface area (Å²) in [6.07, 6.45) is 13.9. The lowest BCUT2D eigenvalue weighted by molar-refractivity contribution is -0.265. The number of hydrogen-bond acceptors (Lipinski definition) is 18. The summed E-state index contributed by atoms with van der Waals surface area (Å²) >= 11 is 0. The first kappa shape index (κ1) is 72.9. The number of ketones is 3. The fourth-order valence-electron chi connectivity index (χ4n) is 12.8. The summed E-state index contributed by atoms with van der Waals surface area (Å²) in [7, 11) is 6.03. The van der Waals surface area contributed by atoms with E-state index in [-0.39, 0.29) is 79.2 Å². The highest BCUT2D eigenvalue weighted by Gasteiger charge is 2.53. The number of cyclic esters (lactones) is 2. The van der Waals surface area contributed by atoms with Crippen molar-refractivity contribution in [1.29, 1.82) is 0 Å². The van der Waals surface area contributed by atoms with E-state index in [0.717, 1.165) is 23.1 Å². The predicted octanol–water partition coefficient (Wildman–Crippen LogP) is 8.91. The van der Waals surface area contributed by atoms with E-state index in [2.05, 4.69) is 0 Å². The molecule has 3 fully saturated rings. The van der Waals surface area contributed by atoms with E-state index in [1.54, 1.807) is 41.1 Å². The van der Waals surface area contributed by atoms with Crippen LogP contribution in [0.1, 0.15) is 172 Å². The number of amides is 1. The number of nitrogens with zero attached hydrogens (tertiary/aromatic N) is 1. The number of aliphatic hydroxyl groups excluding tert-OH is 2. The summed E-state index contributed by atoms with van der Waals surface area (Å²) in [5, 5.41) is 53.0. The van der Waals surface area contributed by atoms with E-state index in [0.29, 0.717) is 93.1 Å². The number of carbonyl (C=O) groups excluding carboxylic acids is 6. The highest BCUT2D eigenvalue weighted by atomic mass is 16.6. The van der Waals surface area contributed by atoms with Crippen molar-refractivity contribution in [2.45, 2.75) is 220 Å². The van der Waals surface area contributed by atoms with Crippen LogP contribution in [0.5, 0.6) is 11.5 Å². The number of benzene rings is 1. The van der Waals surface area contributed by atoms with Crippen molar-refractivity contribution >= 4 is 41.2 Å². The predicted molar refractivity (Wildman–Crippen MR) is 328 cm³/mol. The number of aromatic hydroxyl groups is 1. The van der Waals surface area contributed by atoms with Crippen molar-refractivity contribution in [2.24, 2.45) is 35.5 Å². The van der Waals surface area contributed by atoms with Crippen LogP contribution < -0.4 is 4.74 Å². The monoisotopic (exact) mass is 1230 g/mol. The summed E-state index contributed by atoms with van der Waals surface area (Å²) in [4.78, 5) is 94.2. The fraction of sp³-hybridized carbons (Fsp3) is 0.662. The number of esters is 2. The Morgan fingerprint density at radius 1 is 0.864 bits per heavy atom. The van der Waals surface area contributed by atoms with Crippen molar-refractivity contribution in [1.82, 2.24) is 4.90 Å². The molecule has 5 N–H and O–H groups in total. The molecule has 2 saturated heterocycles. The van der Waals surface area contributed by atoms with Crippen LogP contribution in [-0.2, 0) is 70.2 Å². The summed E-state index contributed by atoms with van der Waals surface area (Å²) in [5.41, 5.74) is 4.31. The first-order valence-corrected chi connectivity index (χ1v) is 31.2. The van der Waals surface area contributed by atoms with Gasteiger partial charge in [0.1, 0.15) is 53.8 Å². The highest BCUT2D eigenvalue weighted by molar-refractivity contribution is 6.39. The van der Waals surface area contributed by atoms with Gasteiger partial charge in [-0.3, -0.25) is 24.0 Å². The number of methoxy groups -OCH3 is 4. The highest BCUT2D eigenvalue weighted by Crippen LogP contribution is 2.43. The number of carboxylic acid groups (broad SMARTS) is 1. The molecular weight excluding hydrogens is 1130 g/mol. The third-order valence-corrected chi connectivity index (χ3v) is 18.5. The van der Waals surface area contributed by atoms with Crippen molar-refractivity contribution in [2.75, 3.05) is 35.0 Å². The Balaban J connectivity index is 0.000000510. The molecule has 1 saturated carbocycles. The molecule has 0 spiro atoms. The SMILES string of the molecule is CO[C@H]1C[C@@H]2CC[C@@H](C)[C@@](O)(O2)C(=O)C(=O)N2CCCC[C@H]2C(=O)O[C@H]([C@H](C)C[C@@H]2CC[C@@H](O)[C@H](OC)C2)CC(=O)[C@H](C)/C=C(\C)[C@@H](O)[C@@H](OC)C(=O)[C@H](C)C[C@H](C)/C=C/C=CC=C1C.COc1c(C)c2c(c(O)c1C/C=C(\C)CCC(=O)O)C(=O)OC2. The maximum atomic E-state index is 14.4. The number of allylic oxidation sites excluding steroid dienone is 8. The van der Waals surface area contributed by atoms with Crippen LogP contribution in [0, 0.1) is 42.4 Å². The minimum atomic E-state index is -2.43. The first-order chi connectivity index (χ1) is 41.6. The van der Waals surface area contributed by atoms with Crippen molar-refractivity contribution in [3.63, 3.8) is 0 Å². The number of carboxylic acids is 1. The molecule has 1 amide bonds. The Kier molecular flexibility index (Phi) is 28.0. The summed E-state index contributed by atoms with van der Waals surface area (Å²) in [6.45, 7) is 16.5. The summed E-state index contributed by atoms with van der Waals surface area (Å²) < 4.78 is 39.8. The summed E-state index contributed by atoms with van der Waals surface area (Å²) in [5.74, 6) is -8.93. The molecule has 0 radical (unpaired) electrons. The second-order valence-electron chi connectivity index (χ2n) is 25.2. The van der Waals surface area contributed by atoms with E-state index in [1.165, 1.54) is 19.1 Å². The Bertz CT molecular complexity index is 2780. The lowest BCUT2D eigenvalue weighted by atomic mass is 9.78. The number of aliphatic carboxylic acids is 1. The zero-order valence-corrected chi connectivity index (χ0v) is 54.0. The van der Waals surface area contributed by atoms with E-state index < -0.39 is 95.8 Å². The number of hydrogen-bond donors (Lipinski definition) is 5. The minimum Gasteiger partial charge on any atom is -0.507 e. The van der Waals surface area contributed by atoms with Crippen LogP contribution in [0.3, 0.4) is 0 Å². The first-order valence-electron chi connectivity index (χ1n) is 31.2. The Hall–Kier alpha value is -5.87. The van der Waals surface area contributed by atoms with E-state index in [4.69, 9.17) is 38.3 Å². The number of piperidine rings is 1. The standard InChI is InChI=1S/C51H79NO13.C17H20O6/c1-30-16-12-11-13-17-31(2)42(61-8)28-38-21-19-36(7)51(60,65-38)48(57)49(58)52-23-15-14-18-39(52)50(59)64-43(33(4)26-37-20-22-40(53)44(27-37)62-9)29-41(54)32(3)25-35(6)46(56)47(63-10)45(55)34(5)24-30;1-9(5-7-13(18)19)4-6-11-15(20)14-12(8-23-17(14)21)10(2)16(11)22-3/h11-13,16-17,25,30,32-34,36-40,42-44,46-47,53,56,60H,14-15,18-24,26-29H2,1-10H3;4,20H,5-8H2,1-3H3,(H,18,19)/b13-11?,16-12+,31-17?,35-25+;9-4+/t30-,32-,33-,34-,36-,37+,38+,39+,40-,42+,43+,44-,46-,47+,51-;/m1./s1. The number of ether oxygens (including phenoxy) is 7. The molecule has 20 nitrogen and oxygen atoms in total. The fourth-order valence-corrected chi connectivity index (χ4v) is 12.8. The molecule has 1 aromatic carbocycles. The Labute approximate surface area is 519 Å². The van der Waals surface area contributed by atoms with Gasteiger partial charge in [0.25, 0.3) is 11.7 Å². The number of aliphatic hydroxyl groups is 3. The largest absolute Gasteiger partial charge is 0.507 e. The van der Waals surface area contributed by atoms with Crippen molar-refractivity contribution in [3.8, 4) is 11.5 Å². The molecule has 0 unspecified atom stereocenters. The van der Waals surface area contributed by atoms with Crippen LogP contribution in [0.25, 0.3) is 0 Å². The average Bonchev–Trinajstić information content (AvgIpc) is 2.04. The second kappa shape index (κ2) is 33.8. The van der Waals surface area contributed by atoms with E-state index in [9.17, 15) is 54.0 Å². The maximum absolute atomic E-state index is 14.4. The summed E-state index contributed by atoms with van der Waals surface area (Å²) in [6, 6.07) is -1.14. The topological polar surface area (TPSA) is 288 Å². The molecular formula is C68H99NO19. The molecule has 1 aliphatic carbocycles. The van der Waals surface area contributed by atoms with Gasteiger partial charge in [-0.05, 0) is 139 Å². The number of fused-ring (bicyclic) bond motifs is 4. The van der Waals surface area contributed by atoms with Crippen LogP contribution in [0.15, 0.2) is 59.3 Å². The number of phenolic OH excluding ortho intramolecular Hbond substituents is 1. The van der Waals surface area contributed by atoms with Gasteiger partial charge in [0, 0.05) is 76.0 Å². The van der Waals surface area contributed by atoms with Gasteiger partial charge in [-0.2, -0.15) is 0 Å². The lowest BCUT2D eigenvalue weighted by Crippen LogP contribution is -2.61. The zero-order valence-electron chi connectivity index (χ0n) is 54.0. The van der Waals surface area contributed by atoms with Gasteiger partial charge in [-0.25, -0.2) is 9.59 Å². The van der Waals surface area contributed by atoms with Gasteiger partial charge in [-0.1, -0.05) is 82.7 Å². The van der Waals surface area contributed by atoms with E-state index in [1.807, 2.05) is 78.0 Å². The molecule has 15 atom stereocenters. The molecule has 2 bridgehead atoms. The van der Waals surface area contributed by atoms with Gasteiger partial charge in [0.2, 0.25) is 5.79 Å². The molecule has 88 heavy (non-hydrogen) atoms. The molecule has 4 heterocycles. The molecule has 20 heteroatoms. The Morgan fingerprint density at radius 3 is 2.24 bits per heavy atom. The lowest BCUT2D eigenvalue weighted by Gasteiger charge is -2.42. The second-order valence-corrected chi connectivity index (χ2v) is 25.2. The van der Waals surface area contributed by atoms with Crippen molar-refractivity contribution in [3.05, 3.63) is 81.5 Å². The van der Waals surface area contributed by atoms with Gasteiger partial charge in [0.05, 0.1) is 31.5 Å². The van der Waals surface area contributed by atoms with Gasteiger partial charge in [0.15, 0.2) is 5.78 Å². The third-order valence-electron chi connectivity index (χ3n) is 18.5. The van der Waals surface area contributed by atoms with Crippen LogP contribution >= 0.6 is 0 Å². The normalized spacial score (nSPS) is 32.5. The number of carbonyl (C=O) groups is 7. The number of phenols is 1. The smallest absolute Gasteiger partial charge is 0.342 e. The average molecular weight is 1230 g/mol. The minimum absolute atomic E-state index is 0.0193. The third kappa shape index (κ3) is 18.9. The van der Waals surface area contributed by atoms with Crippen LogP contribution in [0.4, 0.5) is 0 Å². The molecule has 6 rings (SSSR count). The maximum Gasteiger partial charge on any atom is 0.342 e. The molecule has 5 aliphatic rings. The molecule has 1 aromatic rings. The van der Waals surface area contributed by atoms with Crippen LogP contribution in [0.2, 0.25) is 0 Å². The molecule has 490 valence electrons.